The third-order valence-corrected chi connectivity index (χ3v) is 3.68. The molecule has 0 saturated carbocycles. The number of hydrogen-bond acceptors (Lipinski definition) is 4. The molecule has 0 aliphatic heterocycles. The highest BCUT2D eigenvalue weighted by Crippen LogP contribution is 2.16. The zero-order chi connectivity index (χ0) is 18.2. The Morgan fingerprint density at radius 2 is 1.72 bits per heavy atom. The summed E-state index contributed by atoms with van der Waals surface area (Å²) in [5.74, 6) is -0.431. The predicted octanol–water partition coefficient (Wildman–Crippen LogP) is 4.07. The van der Waals surface area contributed by atoms with E-state index in [0.717, 1.165) is 0 Å². The van der Waals surface area contributed by atoms with Crippen LogP contribution in [0, 0.1) is 0 Å². The van der Waals surface area contributed by atoms with E-state index < -0.39 is 24.1 Å². The number of ether oxygens (including phenoxy) is 2. The van der Waals surface area contributed by atoms with Gasteiger partial charge in [-0.15, -0.1) is 0 Å². The molecule has 2 aromatic carbocycles. The number of rotatable bonds is 7. The van der Waals surface area contributed by atoms with Crippen LogP contribution in [-0.2, 0) is 14.3 Å². The van der Waals surface area contributed by atoms with Gasteiger partial charge in [0.1, 0.15) is 5.75 Å². The average Bonchev–Trinajstić information content (AvgIpc) is 2.62. The van der Waals surface area contributed by atoms with Crippen molar-refractivity contribution in [1.29, 1.82) is 0 Å². The number of carbonyl (C=O) groups excluding carboxylic acids is 2. The molecule has 0 spiro atoms. The summed E-state index contributed by atoms with van der Waals surface area (Å²) in [5, 5.41) is 3.24. The van der Waals surface area contributed by atoms with Crippen molar-refractivity contribution in [2.45, 2.75) is 32.5 Å². The molecule has 0 bridgehead atoms. The predicted molar refractivity (Wildman–Crippen MR) is 96.8 cm³/mol. The Bertz CT molecular complexity index is 703. The molecule has 2 rings (SSSR count). The van der Waals surface area contributed by atoms with Gasteiger partial charge in [0.05, 0.1) is 0 Å². The first kappa shape index (κ1) is 18.8. The smallest absolute Gasteiger partial charge is 0.348 e. The van der Waals surface area contributed by atoms with Crippen molar-refractivity contribution < 1.29 is 19.1 Å². The molecule has 5 nitrogen and oxygen atoms in total. The largest absolute Gasteiger partial charge is 0.479 e. The molecule has 25 heavy (non-hydrogen) atoms. The van der Waals surface area contributed by atoms with Crippen molar-refractivity contribution in [2.75, 3.05) is 5.32 Å². The second-order valence-electron chi connectivity index (χ2n) is 5.40. The van der Waals surface area contributed by atoms with Gasteiger partial charge in [-0.1, -0.05) is 36.7 Å². The number of carbonyl (C=O) groups is 2. The fraction of sp³-hybridized carbons (Fsp3) is 0.263. The minimum absolute atomic E-state index is 0.426. The summed E-state index contributed by atoms with van der Waals surface area (Å²) in [6.07, 6.45) is -1.29. The van der Waals surface area contributed by atoms with Crippen LogP contribution in [0.15, 0.2) is 54.6 Å². The maximum atomic E-state index is 12.2. The van der Waals surface area contributed by atoms with Crippen LogP contribution >= 0.6 is 11.6 Å². The van der Waals surface area contributed by atoms with Crippen LogP contribution in [0.4, 0.5) is 5.69 Å². The molecule has 0 saturated heterocycles. The Kier molecular flexibility index (Phi) is 6.83. The first-order valence-corrected chi connectivity index (χ1v) is 8.36. The minimum atomic E-state index is -0.948. The van der Waals surface area contributed by atoms with Crippen LogP contribution in [-0.4, -0.2) is 24.1 Å². The summed E-state index contributed by atoms with van der Waals surface area (Å²) in [6.45, 7) is 3.33. The molecule has 0 radical (unpaired) electrons. The van der Waals surface area contributed by atoms with Gasteiger partial charge in [-0.2, -0.15) is 0 Å². The van der Waals surface area contributed by atoms with Crippen molar-refractivity contribution in [1.82, 2.24) is 0 Å². The number of esters is 1. The standard InChI is InChI=1S/C19H20ClNO4/c1-3-17(25-16-7-5-4-6-8-16)19(23)24-13(2)18(22)21-15-11-9-14(20)10-12-15/h4-13,17H,3H2,1-2H3,(H,21,22)/t13-,17+/m0/s1. The zero-order valence-electron chi connectivity index (χ0n) is 14.1. The second kappa shape index (κ2) is 9.08. The summed E-state index contributed by atoms with van der Waals surface area (Å²) in [4.78, 5) is 24.4. The van der Waals surface area contributed by atoms with Crippen LogP contribution in [0.5, 0.6) is 5.75 Å². The topological polar surface area (TPSA) is 64.6 Å². The number of halogens is 1. The Balaban J connectivity index is 1.90. The molecule has 132 valence electrons. The van der Waals surface area contributed by atoms with Gasteiger partial charge in [0, 0.05) is 10.7 Å². The third kappa shape index (κ3) is 5.80. The molecule has 1 amide bonds. The number of nitrogens with one attached hydrogen (secondary N) is 1. The lowest BCUT2D eigenvalue weighted by Crippen LogP contribution is -2.36. The van der Waals surface area contributed by atoms with Gasteiger partial charge in [-0.25, -0.2) is 4.79 Å². The van der Waals surface area contributed by atoms with Crippen LogP contribution in [0.3, 0.4) is 0 Å². The summed E-state index contributed by atoms with van der Waals surface area (Å²) >= 11 is 5.80. The first-order valence-electron chi connectivity index (χ1n) is 7.98. The van der Waals surface area contributed by atoms with E-state index in [1.807, 2.05) is 25.1 Å². The average molecular weight is 362 g/mol. The van der Waals surface area contributed by atoms with E-state index >= 15 is 0 Å². The van der Waals surface area contributed by atoms with Gasteiger partial charge >= 0.3 is 5.97 Å². The fourth-order valence-corrected chi connectivity index (χ4v) is 2.17. The Morgan fingerprint density at radius 1 is 1.08 bits per heavy atom. The maximum Gasteiger partial charge on any atom is 0.348 e. The highest BCUT2D eigenvalue weighted by molar-refractivity contribution is 6.30. The lowest BCUT2D eigenvalue weighted by atomic mass is 10.2. The number of benzene rings is 2. The summed E-state index contributed by atoms with van der Waals surface area (Å²) in [5.41, 5.74) is 0.574. The highest BCUT2D eigenvalue weighted by atomic mass is 35.5. The maximum absolute atomic E-state index is 12.2. The van der Waals surface area contributed by atoms with E-state index in [9.17, 15) is 9.59 Å². The molecule has 0 aliphatic carbocycles. The number of anilines is 1. The van der Waals surface area contributed by atoms with Gasteiger partial charge in [-0.05, 0) is 49.7 Å². The van der Waals surface area contributed by atoms with Crippen LogP contribution < -0.4 is 10.1 Å². The summed E-state index contributed by atoms with van der Waals surface area (Å²) < 4.78 is 10.8. The number of amides is 1. The van der Waals surface area contributed by atoms with Gasteiger partial charge < -0.3 is 14.8 Å². The van der Waals surface area contributed by atoms with Gasteiger partial charge in [0.2, 0.25) is 0 Å². The fourth-order valence-electron chi connectivity index (χ4n) is 2.04. The molecule has 0 aromatic heterocycles. The molecule has 6 heteroatoms. The van der Waals surface area contributed by atoms with E-state index in [4.69, 9.17) is 21.1 Å². The first-order chi connectivity index (χ1) is 12.0. The van der Waals surface area contributed by atoms with Crippen molar-refractivity contribution in [3.8, 4) is 5.75 Å². The lowest BCUT2D eigenvalue weighted by molar-refractivity contribution is -0.160. The monoisotopic (exact) mass is 361 g/mol. The molecule has 0 aliphatic rings. The van der Waals surface area contributed by atoms with E-state index in [-0.39, 0.29) is 0 Å². The van der Waals surface area contributed by atoms with Crippen LogP contribution in [0.1, 0.15) is 20.3 Å². The minimum Gasteiger partial charge on any atom is -0.479 e. The summed E-state index contributed by atoms with van der Waals surface area (Å²) in [6, 6.07) is 15.7. The molecule has 0 unspecified atom stereocenters. The molecule has 1 N–H and O–H groups in total. The normalized spacial score (nSPS) is 12.8. The molecule has 2 aromatic rings. The molecule has 0 heterocycles. The van der Waals surface area contributed by atoms with Crippen molar-refractivity contribution in [3.63, 3.8) is 0 Å². The quantitative estimate of drug-likeness (QED) is 0.755. The van der Waals surface area contributed by atoms with Crippen molar-refractivity contribution >= 4 is 29.2 Å². The highest BCUT2D eigenvalue weighted by Gasteiger charge is 2.25. The van der Waals surface area contributed by atoms with E-state index in [0.29, 0.717) is 22.9 Å². The van der Waals surface area contributed by atoms with Gasteiger partial charge in [0.15, 0.2) is 12.2 Å². The van der Waals surface area contributed by atoms with Crippen LogP contribution in [0.2, 0.25) is 5.02 Å². The van der Waals surface area contributed by atoms with Crippen molar-refractivity contribution in [3.05, 3.63) is 59.6 Å². The third-order valence-electron chi connectivity index (χ3n) is 3.43. The Hall–Kier alpha value is -2.53. The second-order valence-corrected chi connectivity index (χ2v) is 5.84. The molecule has 0 fully saturated rings. The number of hydrogen-bond donors (Lipinski definition) is 1. The van der Waals surface area contributed by atoms with Crippen molar-refractivity contribution in [2.24, 2.45) is 0 Å². The molecule has 2 atom stereocenters. The van der Waals surface area contributed by atoms with Gasteiger partial charge in [0.25, 0.3) is 5.91 Å². The van der Waals surface area contributed by atoms with E-state index in [2.05, 4.69) is 5.32 Å². The number of para-hydroxylation sites is 1. The SMILES string of the molecule is CC[C@@H](Oc1ccccc1)C(=O)O[C@@H](C)C(=O)Nc1ccc(Cl)cc1. The summed E-state index contributed by atoms with van der Waals surface area (Å²) in [7, 11) is 0. The zero-order valence-corrected chi connectivity index (χ0v) is 14.8. The lowest BCUT2D eigenvalue weighted by Gasteiger charge is -2.19. The van der Waals surface area contributed by atoms with Gasteiger partial charge in [-0.3, -0.25) is 4.79 Å². The van der Waals surface area contributed by atoms with E-state index in [1.165, 1.54) is 6.92 Å². The Morgan fingerprint density at radius 3 is 2.32 bits per heavy atom. The molecular formula is C19H20ClNO4. The molecular weight excluding hydrogens is 342 g/mol. The Labute approximate surface area is 151 Å². The van der Waals surface area contributed by atoms with E-state index in [1.54, 1.807) is 36.4 Å². The van der Waals surface area contributed by atoms with Crippen LogP contribution in [0.25, 0.3) is 0 Å².